The molecule has 1 N–H and O–H groups in total. The molecule has 1 fully saturated rings. The molecule has 1 saturated heterocycles. The van der Waals surface area contributed by atoms with Crippen LogP contribution < -0.4 is 14.8 Å². The topological polar surface area (TPSA) is 63.7 Å². The third-order valence-corrected chi connectivity index (χ3v) is 6.68. The number of likely N-dealkylation sites (tertiary alicyclic amines) is 1. The van der Waals surface area contributed by atoms with Gasteiger partial charge >= 0.3 is 0 Å². The van der Waals surface area contributed by atoms with Crippen LogP contribution in [0.25, 0.3) is 10.9 Å². The molecule has 0 radical (unpaired) electrons. The fraction of sp³-hybridized carbons (Fsp3) is 0.385. The number of aromatic nitrogens is 1. The van der Waals surface area contributed by atoms with Crippen LogP contribution in [0.5, 0.6) is 11.5 Å². The van der Waals surface area contributed by atoms with Gasteiger partial charge in [0.15, 0.2) is 11.5 Å². The number of nitrogens with one attached hydrogen (secondary N) is 1. The summed E-state index contributed by atoms with van der Waals surface area (Å²) in [6.07, 6.45) is 4.26. The third kappa shape index (κ3) is 5.40. The minimum atomic E-state index is 0.00141. The Kier molecular flexibility index (Phi) is 6.65. The van der Waals surface area contributed by atoms with Crippen molar-refractivity contribution in [1.29, 1.82) is 0 Å². The van der Waals surface area contributed by atoms with Crippen LogP contribution in [-0.4, -0.2) is 54.7 Å². The molecule has 1 aromatic heterocycles. The number of amides is 1. The number of ether oxygens (including phenoxy) is 2. The Bertz CT molecular complexity index is 1130. The lowest BCUT2D eigenvalue weighted by atomic mass is 9.96. The maximum Gasteiger partial charge on any atom is 0.224 e. The molecule has 33 heavy (non-hydrogen) atoms. The SMILES string of the molecule is O=C(Cc1cccc2cccnc12)NCC1CCN(C[C@H]2COc3ccc(Cl)cc3O2)CC1. The minimum Gasteiger partial charge on any atom is -0.486 e. The summed E-state index contributed by atoms with van der Waals surface area (Å²) >= 11 is 6.08. The van der Waals surface area contributed by atoms with Crippen molar-refractivity contribution in [2.45, 2.75) is 25.4 Å². The van der Waals surface area contributed by atoms with E-state index >= 15 is 0 Å². The first-order valence-electron chi connectivity index (χ1n) is 11.5. The van der Waals surface area contributed by atoms with Crippen LogP contribution in [0.3, 0.4) is 0 Å². The summed E-state index contributed by atoms with van der Waals surface area (Å²) in [5, 5.41) is 4.85. The van der Waals surface area contributed by atoms with E-state index in [4.69, 9.17) is 21.1 Å². The van der Waals surface area contributed by atoms with E-state index in [0.29, 0.717) is 24.0 Å². The molecule has 5 rings (SSSR count). The van der Waals surface area contributed by atoms with Gasteiger partial charge in [0.1, 0.15) is 12.7 Å². The van der Waals surface area contributed by atoms with Crippen molar-refractivity contribution >= 4 is 28.4 Å². The predicted molar refractivity (Wildman–Crippen MR) is 129 cm³/mol. The highest BCUT2D eigenvalue weighted by molar-refractivity contribution is 6.30. The standard InChI is InChI=1S/C26H28ClN3O3/c27-21-6-7-23-24(14-21)33-22(17-32-23)16-30-11-8-18(9-12-30)15-29-25(31)13-20-4-1-3-19-5-2-10-28-26(19)20/h1-7,10,14,18,22H,8-9,11-13,15-17H2,(H,29,31)/t22-/m0/s1. The number of hydrogen-bond donors (Lipinski definition) is 1. The van der Waals surface area contributed by atoms with Crippen LogP contribution >= 0.6 is 11.6 Å². The Hall–Kier alpha value is -2.83. The zero-order valence-electron chi connectivity index (χ0n) is 18.5. The second kappa shape index (κ2) is 9.98. The van der Waals surface area contributed by atoms with Crippen molar-refractivity contribution < 1.29 is 14.3 Å². The van der Waals surface area contributed by atoms with Gasteiger partial charge in [0.05, 0.1) is 11.9 Å². The Morgan fingerprint density at radius 1 is 1.12 bits per heavy atom. The van der Waals surface area contributed by atoms with Gasteiger partial charge in [-0.05, 0) is 55.6 Å². The van der Waals surface area contributed by atoms with E-state index in [1.807, 2.05) is 48.5 Å². The Morgan fingerprint density at radius 2 is 1.97 bits per heavy atom. The molecule has 0 saturated carbocycles. The van der Waals surface area contributed by atoms with Crippen molar-refractivity contribution in [3.8, 4) is 11.5 Å². The molecule has 172 valence electrons. The highest BCUT2D eigenvalue weighted by Gasteiger charge is 2.26. The first-order chi connectivity index (χ1) is 16.1. The van der Waals surface area contributed by atoms with Crippen molar-refractivity contribution in [3.63, 3.8) is 0 Å². The maximum absolute atomic E-state index is 12.6. The van der Waals surface area contributed by atoms with E-state index < -0.39 is 0 Å². The van der Waals surface area contributed by atoms with Gasteiger partial charge in [0.2, 0.25) is 5.91 Å². The van der Waals surface area contributed by atoms with Gasteiger partial charge in [-0.15, -0.1) is 0 Å². The number of halogens is 1. The molecular formula is C26H28ClN3O3. The summed E-state index contributed by atoms with van der Waals surface area (Å²) in [6.45, 7) is 4.10. The molecular weight excluding hydrogens is 438 g/mol. The van der Waals surface area contributed by atoms with Gasteiger partial charge in [-0.3, -0.25) is 14.7 Å². The molecule has 3 heterocycles. The third-order valence-electron chi connectivity index (χ3n) is 6.45. The largest absolute Gasteiger partial charge is 0.486 e. The lowest BCUT2D eigenvalue weighted by Crippen LogP contribution is -2.45. The number of carbonyl (C=O) groups excluding carboxylic acids is 1. The number of para-hydroxylation sites is 1. The molecule has 3 aromatic rings. The summed E-state index contributed by atoms with van der Waals surface area (Å²) in [7, 11) is 0. The lowest BCUT2D eigenvalue weighted by molar-refractivity contribution is -0.120. The van der Waals surface area contributed by atoms with Gasteiger partial charge < -0.3 is 14.8 Å². The number of pyridine rings is 1. The van der Waals surface area contributed by atoms with E-state index in [1.165, 1.54) is 0 Å². The summed E-state index contributed by atoms with van der Waals surface area (Å²) in [5.74, 6) is 2.03. The van der Waals surface area contributed by atoms with Crippen molar-refractivity contribution in [3.05, 3.63) is 65.3 Å². The first-order valence-corrected chi connectivity index (χ1v) is 11.9. The van der Waals surface area contributed by atoms with Crippen LogP contribution in [0.2, 0.25) is 5.02 Å². The zero-order valence-corrected chi connectivity index (χ0v) is 19.3. The maximum atomic E-state index is 12.6. The molecule has 1 amide bonds. The van der Waals surface area contributed by atoms with Crippen molar-refractivity contribution in [1.82, 2.24) is 15.2 Å². The van der Waals surface area contributed by atoms with E-state index in [9.17, 15) is 4.79 Å². The van der Waals surface area contributed by atoms with Gasteiger partial charge in [-0.1, -0.05) is 35.9 Å². The van der Waals surface area contributed by atoms with E-state index in [1.54, 1.807) is 6.20 Å². The quantitative estimate of drug-likeness (QED) is 0.593. The lowest BCUT2D eigenvalue weighted by Gasteiger charge is -2.35. The number of fused-ring (bicyclic) bond motifs is 2. The molecule has 0 unspecified atom stereocenters. The van der Waals surface area contributed by atoms with E-state index in [2.05, 4.69) is 15.2 Å². The summed E-state index contributed by atoms with van der Waals surface area (Å²) < 4.78 is 11.9. The fourth-order valence-corrected chi connectivity index (χ4v) is 4.81. The molecule has 0 aliphatic carbocycles. The molecule has 0 spiro atoms. The fourth-order valence-electron chi connectivity index (χ4n) is 4.64. The first kappa shape index (κ1) is 22.0. The summed E-state index contributed by atoms with van der Waals surface area (Å²) in [4.78, 5) is 19.4. The summed E-state index contributed by atoms with van der Waals surface area (Å²) in [5.41, 5.74) is 1.88. The van der Waals surface area contributed by atoms with Gasteiger partial charge in [-0.25, -0.2) is 0 Å². The van der Waals surface area contributed by atoms with Crippen LogP contribution in [-0.2, 0) is 11.2 Å². The van der Waals surface area contributed by atoms with Crippen LogP contribution in [0, 0.1) is 5.92 Å². The number of piperidine rings is 1. The van der Waals surface area contributed by atoms with Crippen LogP contribution in [0.1, 0.15) is 18.4 Å². The van der Waals surface area contributed by atoms with Crippen LogP contribution in [0.15, 0.2) is 54.7 Å². The smallest absolute Gasteiger partial charge is 0.224 e. The highest BCUT2D eigenvalue weighted by atomic mass is 35.5. The number of nitrogens with zero attached hydrogens (tertiary/aromatic N) is 2. The number of benzene rings is 2. The molecule has 6 nitrogen and oxygen atoms in total. The highest BCUT2D eigenvalue weighted by Crippen LogP contribution is 2.34. The minimum absolute atomic E-state index is 0.00141. The second-order valence-corrected chi connectivity index (χ2v) is 9.30. The van der Waals surface area contributed by atoms with E-state index in [-0.39, 0.29) is 12.0 Å². The number of hydrogen-bond acceptors (Lipinski definition) is 5. The normalized spacial score (nSPS) is 18.9. The average Bonchev–Trinajstić information content (AvgIpc) is 2.84. The molecule has 0 bridgehead atoms. The van der Waals surface area contributed by atoms with Crippen LogP contribution in [0.4, 0.5) is 0 Å². The van der Waals surface area contributed by atoms with Gasteiger partial charge in [0, 0.05) is 35.8 Å². The average molecular weight is 466 g/mol. The molecule has 2 aliphatic rings. The summed E-state index contributed by atoms with van der Waals surface area (Å²) in [6, 6.07) is 15.4. The van der Waals surface area contributed by atoms with Gasteiger partial charge in [0.25, 0.3) is 0 Å². The molecule has 2 aromatic carbocycles. The second-order valence-electron chi connectivity index (χ2n) is 8.86. The Labute approximate surface area is 198 Å². The molecule has 1 atom stereocenters. The monoisotopic (exact) mass is 465 g/mol. The Balaban J connectivity index is 1.06. The number of rotatable bonds is 6. The number of carbonyl (C=O) groups is 1. The van der Waals surface area contributed by atoms with Gasteiger partial charge in [-0.2, -0.15) is 0 Å². The molecule has 7 heteroatoms. The van der Waals surface area contributed by atoms with Crippen molar-refractivity contribution in [2.75, 3.05) is 32.8 Å². The molecule has 2 aliphatic heterocycles. The van der Waals surface area contributed by atoms with E-state index in [0.717, 1.165) is 67.0 Å². The predicted octanol–water partition coefficient (Wildman–Crippen LogP) is 4.10. The van der Waals surface area contributed by atoms with Crippen molar-refractivity contribution in [2.24, 2.45) is 5.92 Å². The zero-order chi connectivity index (χ0) is 22.6. The Morgan fingerprint density at radius 3 is 2.85 bits per heavy atom.